The summed E-state index contributed by atoms with van der Waals surface area (Å²) in [7, 11) is -1.61. The van der Waals surface area contributed by atoms with Gasteiger partial charge < -0.3 is 15.3 Å². The number of aromatic amines is 1. The second-order valence-electron chi connectivity index (χ2n) is 10.3. The molecule has 3 saturated heterocycles. The molecule has 0 saturated carbocycles. The third-order valence-corrected chi connectivity index (χ3v) is 9.96. The lowest BCUT2D eigenvalue weighted by atomic mass is 9.83. The Morgan fingerprint density at radius 1 is 1.18 bits per heavy atom. The van der Waals surface area contributed by atoms with Crippen LogP contribution < -0.4 is 10.2 Å². The van der Waals surface area contributed by atoms with Gasteiger partial charge >= 0.3 is 0 Å². The quantitative estimate of drug-likeness (QED) is 0.401. The maximum atomic E-state index is 13.5. The zero-order chi connectivity index (χ0) is 26.4. The van der Waals surface area contributed by atoms with E-state index in [2.05, 4.69) is 36.5 Å². The lowest BCUT2D eigenvalue weighted by molar-refractivity contribution is 0.0932. The number of rotatable bonds is 7. The molecule has 6 heterocycles. The lowest BCUT2D eigenvalue weighted by Gasteiger charge is -2.52. The predicted octanol–water partition coefficient (Wildman–Crippen LogP) is 1.51. The van der Waals surface area contributed by atoms with Crippen LogP contribution in [0.4, 0.5) is 17.5 Å². The minimum atomic E-state index is -3.60. The first-order chi connectivity index (χ1) is 18.4. The van der Waals surface area contributed by atoms with Crippen molar-refractivity contribution >= 4 is 38.7 Å². The molecule has 0 spiro atoms. The normalized spacial score (nSPS) is 24.6. The van der Waals surface area contributed by atoms with Crippen LogP contribution in [0.5, 0.6) is 0 Å². The van der Waals surface area contributed by atoms with Crippen molar-refractivity contribution in [3.05, 3.63) is 30.2 Å². The van der Waals surface area contributed by atoms with Gasteiger partial charge in [0.15, 0.2) is 11.6 Å². The summed E-state index contributed by atoms with van der Waals surface area (Å²) in [6.07, 6.45) is 7.28. The van der Waals surface area contributed by atoms with Gasteiger partial charge in [0.25, 0.3) is 10.2 Å². The van der Waals surface area contributed by atoms with Crippen molar-refractivity contribution in [2.45, 2.75) is 56.8 Å². The highest BCUT2D eigenvalue weighted by atomic mass is 32.2. The second kappa shape index (κ2) is 9.73. The van der Waals surface area contributed by atoms with E-state index in [-0.39, 0.29) is 43.7 Å². The molecule has 3 fully saturated rings. The van der Waals surface area contributed by atoms with E-state index >= 15 is 0 Å². The van der Waals surface area contributed by atoms with E-state index in [4.69, 9.17) is 10.2 Å². The number of hydrogen-bond acceptors (Lipinski definition) is 10. The maximum absolute atomic E-state index is 13.5. The van der Waals surface area contributed by atoms with Gasteiger partial charge in [-0.3, -0.25) is 10.1 Å². The Kier molecular flexibility index (Phi) is 6.39. The summed E-state index contributed by atoms with van der Waals surface area (Å²) in [5, 5.41) is 28.5. The Bertz CT molecular complexity index is 1470. The monoisotopic (exact) mass is 538 g/mol. The van der Waals surface area contributed by atoms with Gasteiger partial charge in [-0.05, 0) is 25.7 Å². The van der Waals surface area contributed by atoms with Crippen molar-refractivity contribution in [1.29, 1.82) is 5.26 Å². The van der Waals surface area contributed by atoms with Gasteiger partial charge in [-0.1, -0.05) is 6.42 Å². The van der Waals surface area contributed by atoms with Gasteiger partial charge in [-0.15, -0.1) is 0 Å². The number of H-pyrrole nitrogens is 1. The van der Waals surface area contributed by atoms with Gasteiger partial charge in [0.2, 0.25) is 0 Å². The highest BCUT2D eigenvalue weighted by Crippen LogP contribution is 2.41. The van der Waals surface area contributed by atoms with Crippen LogP contribution in [0.2, 0.25) is 0 Å². The molecule has 13 nitrogen and oxygen atoms in total. The molecule has 3 atom stereocenters. The Morgan fingerprint density at radius 2 is 1.92 bits per heavy atom. The van der Waals surface area contributed by atoms with E-state index in [0.29, 0.717) is 47.0 Å². The van der Waals surface area contributed by atoms with Crippen LogP contribution in [0.25, 0.3) is 11.0 Å². The molecule has 3 aromatic heterocycles. The van der Waals surface area contributed by atoms with Gasteiger partial charge in [-0.25, -0.2) is 9.97 Å². The number of aliphatic hydroxyl groups excluding tert-OH is 1. The van der Waals surface area contributed by atoms with Crippen LogP contribution in [0.1, 0.15) is 37.8 Å². The van der Waals surface area contributed by atoms with Crippen molar-refractivity contribution in [3.8, 4) is 6.07 Å². The first-order valence-corrected chi connectivity index (χ1v) is 14.2. The average molecular weight is 539 g/mol. The third-order valence-electron chi connectivity index (χ3n) is 7.88. The molecule has 0 amide bonds. The van der Waals surface area contributed by atoms with Gasteiger partial charge in [0, 0.05) is 62.8 Å². The Hall–Kier alpha value is -3.38. The molecule has 6 rings (SSSR count). The smallest absolute Gasteiger partial charge is 0.282 e. The Morgan fingerprint density at radius 3 is 2.61 bits per heavy atom. The van der Waals surface area contributed by atoms with Crippen molar-refractivity contribution in [1.82, 2.24) is 33.8 Å². The summed E-state index contributed by atoms with van der Waals surface area (Å²) >= 11 is 0. The van der Waals surface area contributed by atoms with Crippen LogP contribution in [0.3, 0.4) is 0 Å². The molecule has 3 aliphatic heterocycles. The van der Waals surface area contributed by atoms with Crippen molar-refractivity contribution in [2.24, 2.45) is 5.92 Å². The number of anilines is 3. The first kappa shape index (κ1) is 24.9. The third kappa shape index (κ3) is 4.35. The minimum Gasteiger partial charge on any atom is -0.390 e. The maximum Gasteiger partial charge on any atom is 0.282 e. The Labute approximate surface area is 220 Å². The van der Waals surface area contributed by atoms with Gasteiger partial charge in [0.1, 0.15) is 11.3 Å². The molecule has 0 radical (unpaired) electrons. The number of nitrogens with zero attached hydrogens (tertiary/aromatic N) is 8. The fraction of sp³-hybridized carbons (Fsp3) is 0.542. The van der Waals surface area contributed by atoms with Crippen LogP contribution in [0.15, 0.2) is 24.5 Å². The topological polar surface area (TPSA) is 167 Å². The van der Waals surface area contributed by atoms with E-state index in [1.807, 2.05) is 7.05 Å². The van der Waals surface area contributed by atoms with E-state index in [9.17, 15) is 13.5 Å². The molecule has 2 bridgehead atoms. The van der Waals surface area contributed by atoms with E-state index in [0.717, 1.165) is 19.3 Å². The molecule has 3 aromatic rings. The number of nitrogens with one attached hydrogen (secondary N) is 2. The largest absolute Gasteiger partial charge is 0.390 e. The summed E-state index contributed by atoms with van der Waals surface area (Å²) in [4.78, 5) is 16.0. The molecule has 14 heteroatoms. The fourth-order valence-electron chi connectivity index (χ4n) is 5.92. The van der Waals surface area contributed by atoms with Crippen LogP contribution >= 0.6 is 0 Å². The zero-order valence-corrected chi connectivity index (χ0v) is 21.8. The summed E-state index contributed by atoms with van der Waals surface area (Å²) in [6.45, 7) is 0.414. The molecule has 3 N–H and O–H groups in total. The molecular weight excluding hydrogens is 508 g/mol. The summed E-state index contributed by atoms with van der Waals surface area (Å²) in [5.41, 5.74) is 1.93. The van der Waals surface area contributed by atoms with Crippen LogP contribution in [-0.4, -0.2) is 85.5 Å². The highest BCUT2D eigenvalue weighted by Gasteiger charge is 2.50. The van der Waals surface area contributed by atoms with Crippen molar-refractivity contribution in [3.63, 3.8) is 0 Å². The second-order valence-corrected chi connectivity index (χ2v) is 12.1. The summed E-state index contributed by atoms with van der Waals surface area (Å²) < 4.78 is 30.1. The number of hydrogen-bond donors (Lipinski definition) is 3. The minimum absolute atomic E-state index is 0.0688. The first-order valence-electron chi connectivity index (χ1n) is 12.8. The Balaban J connectivity index is 1.27. The zero-order valence-electron chi connectivity index (χ0n) is 21.0. The molecule has 3 aliphatic rings. The number of nitriles is 1. The predicted molar refractivity (Wildman–Crippen MR) is 139 cm³/mol. The molecular formula is C24H30N10O3S. The van der Waals surface area contributed by atoms with E-state index < -0.39 is 10.2 Å². The van der Waals surface area contributed by atoms with Crippen LogP contribution in [0, 0.1) is 17.2 Å². The number of pyridine rings is 1. The molecule has 0 aromatic carbocycles. The molecule has 38 heavy (non-hydrogen) atoms. The SMILES string of the molecule is CN(c1nc(Nc2cc(CO)[nH]n2)cc2nccnc12)[C@@H]1C[C@H]2CCC[C@@H](C1)N2S(=O)(=O)N1CC(C#N)C1. The van der Waals surface area contributed by atoms with Gasteiger partial charge in [-0.2, -0.15) is 27.4 Å². The van der Waals surface area contributed by atoms with Crippen molar-refractivity contribution < 1.29 is 13.5 Å². The number of piperidine rings is 2. The average Bonchev–Trinajstić information content (AvgIpc) is 3.33. The van der Waals surface area contributed by atoms with E-state index in [1.165, 1.54) is 4.31 Å². The standard InChI is InChI=1S/C24H30N10O3S/c1-32(19-8-17-3-2-4-18(9-19)34(17)38(36,37)33-12-15(11-25)13-33)24-23-20(26-5-6-27-23)10-21(29-24)28-22-7-16(14-35)30-31-22/h5-7,10,15,17-19,35H,2-4,8-9,12-14H2,1H3,(H2,28,29,30,31)/t17-,18+,19-. The highest BCUT2D eigenvalue weighted by molar-refractivity contribution is 7.86. The number of aliphatic hydroxyl groups is 1. The van der Waals surface area contributed by atoms with E-state index in [1.54, 1.807) is 28.8 Å². The number of fused-ring (bicyclic) bond motifs is 3. The number of aromatic nitrogens is 5. The summed E-state index contributed by atoms with van der Waals surface area (Å²) in [6, 6.07) is 5.55. The molecule has 200 valence electrons. The van der Waals surface area contributed by atoms with Gasteiger partial charge in [0.05, 0.1) is 29.8 Å². The molecule has 0 unspecified atom stereocenters. The summed E-state index contributed by atoms with van der Waals surface area (Å²) in [5.74, 6) is 1.51. The lowest BCUT2D eigenvalue weighted by Crippen LogP contribution is -2.64. The van der Waals surface area contributed by atoms with Crippen molar-refractivity contribution in [2.75, 3.05) is 30.4 Å². The van der Waals surface area contributed by atoms with Crippen LogP contribution in [-0.2, 0) is 16.8 Å². The molecule has 0 aliphatic carbocycles. The fourth-order valence-corrected chi connectivity index (χ4v) is 8.06.